The normalized spacial score (nSPS) is 15.8. The first-order valence-corrected chi connectivity index (χ1v) is 7.38. The van der Waals surface area contributed by atoms with Crippen molar-refractivity contribution in [1.82, 2.24) is 0 Å². The highest BCUT2D eigenvalue weighted by Gasteiger charge is 1.98. The maximum atomic E-state index is 11.0. The molecule has 0 aromatic rings. The maximum absolute atomic E-state index is 11.0. The molecule has 0 saturated heterocycles. The van der Waals surface area contributed by atoms with E-state index in [4.69, 9.17) is 0 Å². The van der Waals surface area contributed by atoms with Gasteiger partial charge in [0.1, 0.15) is 0 Å². The molecule has 0 N–H and O–H groups in total. The average Bonchev–Trinajstić information content (AvgIpc) is 2.11. The molecule has 0 amide bonds. The summed E-state index contributed by atoms with van der Waals surface area (Å²) in [6.07, 6.45) is 1.90. The Labute approximate surface area is 80.0 Å². The van der Waals surface area contributed by atoms with E-state index in [9.17, 15) is 8.42 Å². The lowest BCUT2D eigenvalue weighted by atomic mass is 10.4. The predicted octanol–water partition coefficient (Wildman–Crippen LogP) is 1.30. The van der Waals surface area contributed by atoms with Crippen LogP contribution in [0.5, 0.6) is 0 Å². The zero-order valence-electron chi connectivity index (χ0n) is 7.88. The summed E-state index contributed by atoms with van der Waals surface area (Å²) in [4.78, 5) is 0. The van der Waals surface area contributed by atoms with Crippen LogP contribution in [0.1, 0.15) is 26.7 Å². The van der Waals surface area contributed by atoms with E-state index in [1.165, 1.54) is 0 Å². The fourth-order valence-electron chi connectivity index (χ4n) is 0.815. The minimum absolute atomic E-state index is 0.643. The Hall–Kier alpha value is 0.300. The monoisotopic (exact) mass is 210 g/mol. The average molecular weight is 210 g/mol. The first-order valence-electron chi connectivity index (χ1n) is 4.40. The molecule has 12 heavy (non-hydrogen) atoms. The van der Waals surface area contributed by atoms with Crippen molar-refractivity contribution in [1.29, 1.82) is 0 Å². The second-order valence-electron chi connectivity index (χ2n) is 2.57. The van der Waals surface area contributed by atoms with Crippen molar-refractivity contribution in [3.8, 4) is 0 Å². The molecule has 0 bridgehead atoms. The van der Waals surface area contributed by atoms with Gasteiger partial charge >= 0.3 is 0 Å². The van der Waals surface area contributed by atoms with Gasteiger partial charge in [0.2, 0.25) is 0 Å². The molecule has 0 aliphatic heterocycles. The van der Waals surface area contributed by atoms with Crippen LogP contribution in [0, 0.1) is 0 Å². The second kappa shape index (κ2) is 7.92. The van der Waals surface area contributed by atoms with Crippen LogP contribution in [-0.2, 0) is 21.6 Å². The SMILES string of the molecule is CCS(=O)CCCCS(=O)CC. The minimum atomic E-state index is -0.643. The topological polar surface area (TPSA) is 34.1 Å². The van der Waals surface area contributed by atoms with Crippen LogP contribution in [0.2, 0.25) is 0 Å². The van der Waals surface area contributed by atoms with E-state index in [2.05, 4.69) is 0 Å². The third-order valence-corrected chi connectivity index (χ3v) is 4.41. The van der Waals surface area contributed by atoms with Crippen LogP contribution in [0.3, 0.4) is 0 Å². The fraction of sp³-hybridized carbons (Fsp3) is 1.00. The van der Waals surface area contributed by atoms with E-state index in [1.54, 1.807) is 0 Å². The van der Waals surface area contributed by atoms with E-state index in [0.717, 1.165) is 35.9 Å². The van der Waals surface area contributed by atoms with Crippen LogP contribution < -0.4 is 0 Å². The van der Waals surface area contributed by atoms with Crippen molar-refractivity contribution in [2.45, 2.75) is 26.7 Å². The van der Waals surface area contributed by atoms with Gasteiger partial charge in [-0.15, -0.1) is 0 Å². The molecule has 0 radical (unpaired) electrons. The Morgan fingerprint density at radius 1 is 0.833 bits per heavy atom. The number of rotatable bonds is 7. The standard InChI is InChI=1S/C8H18O2S2/c1-3-11(9)7-5-6-8-12(10)4-2/h3-8H2,1-2H3. The van der Waals surface area contributed by atoms with Crippen LogP contribution in [-0.4, -0.2) is 31.4 Å². The summed E-state index contributed by atoms with van der Waals surface area (Å²) < 4.78 is 21.9. The minimum Gasteiger partial charge on any atom is -0.260 e. The van der Waals surface area contributed by atoms with Crippen molar-refractivity contribution in [2.24, 2.45) is 0 Å². The van der Waals surface area contributed by atoms with E-state index >= 15 is 0 Å². The van der Waals surface area contributed by atoms with Gasteiger partial charge in [-0.2, -0.15) is 0 Å². The first-order chi connectivity index (χ1) is 5.70. The van der Waals surface area contributed by atoms with Crippen molar-refractivity contribution < 1.29 is 8.42 Å². The van der Waals surface area contributed by atoms with E-state index in [0.29, 0.717) is 0 Å². The van der Waals surface area contributed by atoms with E-state index in [1.807, 2.05) is 13.8 Å². The van der Waals surface area contributed by atoms with Gasteiger partial charge in [-0.05, 0) is 12.8 Å². The van der Waals surface area contributed by atoms with Crippen LogP contribution in [0.4, 0.5) is 0 Å². The molecular formula is C8H18O2S2. The van der Waals surface area contributed by atoms with Gasteiger partial charge in [-0.25, -0.2) is 0 Å². The molecule has 0 rings (SSSR count). The molecule has 0 aliphatic carbocycles. The number of hydrogen-bond donors (Lipinski definition) is 0. The number of hydrogen-bond acceptors (Lipinski definition) is 2. The Morgan fingerprint density at radius 2 is 1.17 bits per heavy atom. The van der Waals surface area contributed by atoms with Crippen molar-refractivity contribution in [3.05, 3.63) is 0 Å². The first kappa shape index (κ1) is 12.3. The van der Waals surface area contributed by atoms with Crippen LogP contribution >= 0.6 is 0 Å². The summed E-state index contributed by atoms with van der Waals surface area (Å²) in [6, 6.07) is 0. The Bertz CT molecular complexity index is 139. The molecule has 0 saturated carbocycles. The zero-order chi connectivity index (χ0) is 9.40. The van der Waals surface area contributed by atoms with Gasteiger partial charge in [-0.3, -0.25) is 8.42 Å². The predicted molar refractivity (Wildman–Crippen MR) is 56.3 cm³/mol. The molecule has 0 aromatic carbocycles. The van der Waals surface area contributed by atoms with Gasteiger partial charge < -0.3 is 0 Å². The van der Waals surface area contributed by atoms with E-state index in [-0.39, 0.29) is 0 Å². The van der Waals surface area contributed by atoms with Gasteiger partial charge in [0.05, 0.1) is 0 Å². The Kier molecular flexibility index (Phi) is 8.12. The summed E-state index contributed by atoms with van der Waals surface area (Å²) in [6.45, 7) is 3.86. The Morgan fingerprint density at radius 3 is 1.42 bits per heavy atom. The molecule has 0 heterocycles. The summed E-state index contributed by atoms with van der Waals surface area (Å²) in [5.74, 6) is 3.04. The van der Waals surface area contributed by atoms with E-state index < -0.39 is 21.6 Å². The molecule has 74 valence electrons. The lowest BCUT2D eigenvalue weighted by molar-refractivity contribution is 0.675. The second-order valence-corrected chi connectivity index (χ2v) is 6.30. The fourth-order valence-corrected chi connectivity index (χ4v) is 2.44. The van der Waals surface area contributed by atoms with Gasteiger partial charge in [0.25, 0.3) is 0 Å². The zero-order valence-corrected chi connectivity index (χ0v) is 9.51. The van der Waals surface area contributed by atoms with Gasteiger partial charge in [0, 0.05) is 44.6 Å². The third kappa shape index (κ3) is 6.98. The molecule has 2 nitrogen and oxygen atoms in total. The van der Waals surface area contributed by atoms with Crippen molar-refractivity contribution in [3.63, 3.8) is 0 Å². The van der Waals surface area contributed by atoms with Crippen LogP contribution in [0.15, 0.2) is 0 Å². The van der Waals surface area contributed by atoms with Gasteiger partial charge in [-0.1, -0.05) is 13.8 Å². The molecular weight excluding hydrogens is 192 g/mol. The smallest absolute Gasteiger partial charge is 0.0235 e. The molecule has 0 aliphatic rings. The highest BCUT2D eigenvalue weighted by molar-refractivity contribution is 7.85. The summed E-state index contributed by atoms with van der Waals surface area (Å²) >= 11 is 0. The third-order valence-electron chi connectivity index (χ3n) is 1.64. The van der Waals surface area contributed by atoms with Crippen molar-refractivity contribution >= 4 is 21.6 Å². The number of unbranched alkanes of at least 4 members (excludes halogenated alkanes) is 1. The lowest BCUT2D eigenvalue weighted by Crippen LogP contribution is -2.04. The highest BCUT2D eigenvalue weighted by atomic mass is 32.2. The molecule has 0 spiro atoms. The quantitative estimate of drug-likeness (QED) is 0.594. The lowest BCUT2D eigenvalue weighted by Gasteiger charge is -1.99. The summed E-state index contributed by atoms with van der Waals surface area (Å²) in [7, 11) is -1.29. The largest absolute Gasteiger partial charge is 0.260 e. The Balaban J connectivity index is 3.21. The molecule has 0 fully saturated rings. The van der Waals surface area contributed by atoms with Gasteiger partial charge in [0.15, 0.2) is 0 Å². The molecule has 4 heteroatoms. The summed E-state index contributed by atoms with van der Waals surface area (Å²) in [5, 5.41) is 0. The molecule has 0 aromatic heterocycles. The van der Waals surface area contributed by atoms with Crippen LogP contribution in [0.25, 0.3) is 0 Å². The van der Waals surface area contributed by atoms with Crippen molar-refractivity contribution in [2.75, 3.05) is 23.0 Å². The summed E-state index contributed by atoms with van der Waals surface area (Å²) in [5.41, 5.74) is 0. The molecule has 2 unspecified atom stereocenters. The highest BCUT2D eigenvalue weighted by Crippen LogP contribution is 1.95. The maximum Gasteiger partial charge on any atom is 0.0235 e. The molecule has 2 atom stereocenters.